The average Bonchev–Trinajstić information content (AvgIpc) is 3.09. The number of nitrogens with zero attached hydrogens (tertiary/aromatic N) is 5. The van der Waals surface area contributed by atoms with Gasteiger partial charge in [0.1, 0.15) is 12.7 Å². The molecular formula is C18H27N5O. The molecule has 0 unspecified atom stereocenters. The Hall–Kier alpha value is -1.76. The minimum absolute atomic E-state index is 0.554. The smallest absolute Gasteiger partial charge is 0.138 e. The maximum Gasteiger partial charge on any atom is 0.138 e. The van der Waals surface area contributed by atoms with E-state index in [4.69, 9.17) is 4.74 Å². The van der Waals surface area contributed by atoms with Crippen LogP contribution in [0.4, 0.5) is 0 Å². The fourth-order valence-corrected chi connectivity index (χ4v) is 3.59. The summed E-state index contributed by atoms with van der Waals surface area (Å²) in [6.07, 6.45) is 3.28. The number of benzene rings is 1. The highest BCUT2D eigenvalue weighted by atomic mass is 16.5. The van der Waals surface area contributed by atoms with Crippen LogP contribution >= 0.6 is 0 Å². The Balaban J connectivity index is 1.58. The summed E-state index contributed by atoms with van der Waals surface area (Å²) in [5, 5.41) is 4.16. The lowest BCUT2D eigenvalue weighted by molar-refractivity contribution is 0.0179. The van der Waals surface area contributed by atoms with E-state index in [1.165, 1.54) is 5.56 Å². The van der Waals surface area contributed by atoms with Gasteiger partial charge in [-0.15, -0.1) is 0 Å². The summed E-state index contributed by atoms with van der Waals surface area (Å²) in [4.78, 5) is 9.08. The first kappa shape index (κ1) is 17.1. The van der Waals surface area contributed by atoms with E-state index in [1.54, 1.807) is 24.4 Å². The molecule has 6 nitrogen and oxygen atoms in total. The number of piperazine rings is 1. The van der Waals surface area contributed by atoms with Crippen molar-refractivity contribution < 1.29 is 4.74 Å². The van der Waals surface area contributed by atoms with E-state index in [9.17, 15) is 0 Å². The van der Waals surface area contributed by atoms with E-state index >= 15 is 0 Å². The summed E-state index contributed by atoms with van der Waals surface area (Å²) in [6.45, 7) is 9.62. The maximum atomic E-state index is 5.24. The SMILES string of the molecule is COCCN1[C@@H](C)CN(Cc2ccc(-n3cncn3)cc2)C[C@@H]1C. The molecule has 2 atom stereocenters. The van der Waals surface area contributed by atoms with Gasteiger partial charge in [0.2, 0.25) is 0 Å². The lowest BCUT2D eigenvalue weighted by atomic mass is 10.1. The summed E-state index contributed by atoms with van der Waals surface area (Å²) >= 11 is 0. The molecule has 0 radical (unpaired) electrons. The van der Waals surface area contributed by atoms with Gasteiger partial charge in [-0.1, -0.05) is 12.1 Å². The van der Waals surface area contributed by atoms with Crippen LogP contribution in [-0.4, -0.2) is 70.0 Å². The van der Waals surface area contributed by atoms with Crippen molar-refractivity contribution in [2.75, 3.05) is 33.4 Å². The van der Waals surface area contributed by atoms with Crippen LogP contribution in [0, 0.1) is 0 Å². The fourth-order valence-electron chi connectivity index (χ4n) is 3.59. The highest BCUT2D eigenvalue weighted by molar-refractivity contribution is 5.33. The van der Waals surface area contributed by atoms with Gasteiger partial charge < -0.3 is 4.74 Å². The summed E-state index contributed by atoms with van der Waals surface area (Å²) in [5.74, 6) is 0. The minimum Gasteiger partial charge on any atom is -0.383 e. The molecule has 0 saturated carbocycles. The first-order chi connectivity index (χ1) is 11.7. The van der Waals surface area contributed by atoms with Gasteiger partial charge in [0.05, 0.1) is 12.3 Å². The average molecular weight is 329 g/mol. The largest absolute Gasteiger partial charge is 0.383 e. The number of hydrogen-bond acceptors (Lipinski definition) is 5. The minimum atomic E-state index is 0.554. The molecule has 2 aromatic rings. The van der Waals surface area contributed by atoms with Crippen LogP contribution in [-0.2, 0) is 11.3 Å². The zero-order valence-electron chi connectivity index (χ0n) is 14.8. The van der Waals surface area contributed by atoms with Crippen LogP contribution in [0.3, 0.4) is 0 Å². The third-order valence-electron chi connectivity index (χ3n) is 4.76. The number of methoxy groups -OCH3 is 1. The monoisotopic (exact) mass is 329 g/mol. The van der Waals surface area contributed by atoms with Crippen LogP contribution < -0.4 is 0 Å². The lowest BCUT2D eigenvalue weighted by Gasteiger charge is -2.44. The Labute approximate surface area is 144 Å². The number of ether oxygens (including phenoxy) is 1. The molecule has 0 bridgehead atoms. The molecular weight excluding hydrogens is 302 g/mol. The van der Waals surface area contributed by atoms with Crippen molar-refractivity contribution in [3.63, 3.8) is 0 Å². The van der Waals surface area contributed by atoms with E-state index < -0.39 is 0 Å². The molecule has 0 spiro atoms. The molecule has 130 valence electrons. The molecule has 2 heterocycles. The van der Waals surface area contributed by atoms with E-state index in [0.717, 1.165) is 38.5 Å². The Bertz CT molecular complexity index is 601. The topological polar surface area (TPSA) is 46.4 Å². The van der Waals surface area contributed by atoms with E-state index in [1.807, 2.05) is 0 Å². The third-order valence-corrected chi connectivity index (χ3v) is 4.76. The Morgan fingerprint density at radius 2 is 1.83 bits per heavy atom. The van der Waals surface area contributed by atoms with Crippen molar-refractivity contribution in [1.82, 2.24) is 24.6 Å². The standard InChI is InChI=1S/C18H27N5O/c1-15-10-21(11-16(2)22(15)8-9-24-3)12-17-4-6-18(7-5-17)23-14-19-13-20-23/h4-7,13-16H,8-12H2,1-3H3/t15-,16-/m0/s1. The first-order valence-corrected chi connectivity index (χ1v) is 8.58. The van der Waals surface area contributed by atoms with Crippen LogP contribution in [0.2, 0.25) is 0 Å². The van der Waals surface area contributed by atoms with Gasteiger partial charge in [0.25, 0.3) is 0 Å². The molecule has 1 fully saturated rings. The molecule has 3 rings (SSSR count). The molecule has 0 aliphatic carbocycles. The van der Waals surface area contributed by atoms with Crippen LogP contribution in [0.15, 0.2) is 36.9 Å². The van der Waals surface area contributed by atoms with Crippen molar-refractivity contribution in [2.45, 2.75) is 32.5 Å². The van der Waals surface area contributed by atoms with E-state index in [2.05, 4.69) is 58.0 Å². The number of hydrogen-bond donors (Lipinski definition) is 0. The highest BCUT2D eigenvalue weighted by Gasteiger charge is 2.28. The second kappa shape index (κ2) is 7.88. The van der Waals surface area contributed by atoms with E-state index in [0.29, 0.717) is 12.1 Å². The van der Waals surface area contributed by atoms with Gasteiger partial charge in [-0.2, -0.15) is 5.10 Å². The number of rotatable bonds is 6. The summed E-state index contributed by atoms with van der Waals surface area (Å²) in [6, 6.07) is 9.68. The molecule has 1 aliphatic rings. The quantitative estimate of drug-likeness (QED) is 0.809. The normalized spacial score (nSPS) is 22.8. The highest BCUT2D eigenvalue weighted by Crippen LogP contribution is 2.18. The molecule has 0 amide bonds. The third kappa shape index (κ3) is 4.01. The maximum absolute atomic E-state index is 5.24. The van der Waals surface area contributed by atoms with Crippen LogP contribution in [0.25, 0.3) is 5.69 Å². The lowest BCUT2D eigenvalue weighted by Crippen LogP contribution is -2.56. The second-order valence-corrected chi connectivity index (χ2v) is 6.63. The summed E-state index contributed by atoms with van der Waals surface area (Å²) in [5.41, 5.74) is 2.38. The second-order valence-electron chi connectivity index (χ2n) is 6.63. The summed E-state index contributed by atoms with van der Waals surface area (Å²) in [7, 11) is 1.77. The molecule has 0 N–H and O–H groups in total. The zero-order valence-corrected chi connectivity index (χ0v) is 14.8. The zero-order chi connectivity index (χ0) is 16.9. The molecule has 24 heavy (non-hydrogen) atoms. The van der Waals surface area contributed by atoms with Gasteiger partial charge >= 0.3 is 0 Å². The summed E-state index contributed by atoms with van der Waals surface area (Å²) < 4.78 is 7.02. The Morgan fingerprint density at radius 1 is 1.12 bits per heavy atom. The first-order valence-electron chi connectivity index (χ1n) is 8.58. The van der Waals surface area contributed by atoms with Crippen molar-refractivity contribution >= 4 is 0 Å². The van der Waals surface area contributed by atoms with Crippen LogP contribution in [0.5, 0.6) is 0 Å². The fraction of sp³-hybridized carbons (Fsp3) is 0.556. The molecule has 1 aromatic carbocycles. The molecule has 1 aromatic heterocycles. The predicted molar refractivity (Wildman–Crippen MR) is 94.1 cm³/mol. The van der Waals surface area contributed by atoms with Crippen molar-refractivity contribution in [1.29, 1.82) is 0 Å². The van der Waals surface area contributed by atoms with Crippen LogP contribution in [0.1, 0.15) is 19.4 Å². The van der Waals surface area contributed by atoms with E-state index in [-0.39, 0.29) is 0 Å². The molecule has 6 heteroatoms. The molecule has 1 aliphatic heterocycles. The van der Waals surface area contributed by atoms with Crippen molar-refractivity contribution in [3.8, 4) is 5.69 Å². The predicted octanol–water partition coefficient (Wildman–Crippen LogP) is 1.81. The van der Waals surface area contributed by atoms with Gasteiger partial charge in [-0.25, -0.2) is 9.67 Å². The Kier molecular flexibility index (Phi) is 5.60. The Morgan fingerprint density at radius 3 is 2.42 bits per heavy atom. The number of aromatic nitrogens is 3. The van der Waals surface area contributed by atoms with Gasteiger partial charge in [0.15, 0.2) is 0 Å². The van der Waals surface area contributed by atoms with Crippen molar-refractivity contribution in [3.05, 3.63) is 42.5 Å². The molecule has 1 saturated heterocycles. The van der Waals surface area contributed by atoms with Gasteiger partial charge in [-0.3, -0.25) is 9.80 Å². The van der Waals surface area contributed by atoms with Gasteiger partial charge in [-0.05, 0) is 31.5 Å². The van der Waals surface area contributed by atoms with Gasteiger partial charge in [0, 0.05) is 45.4 Å². The van der Waals surface area contributed by atoms with Crippen molar-refractivity contribution in [2.24, 2.45) is 0 Å².